The van der Waals surface area contributed by atoms with Crippen LogP contribution in [0.25, 0.3) is 44.1 Å². The van der Waals surface area contributed by atoms with Crippen LogP contribution in [0.5, 0.6) is 0 Å². The van der Waals surface area contributed by atoms with Crippen LogP contribution in [0.2, 0.25) is 0 Å². The van der Waals surface area contributed by atoms with Crippen LogP contribution in [-0.2, 0) is 17.1 Å². The standard InChI is InChI=1S/C24H16N2.2C18H15P.Cu/c1-3-7-17(8-4-1)19-13-15-25-23-21(19)11-12-22-20(14-16-26-24(22)23)18-9-5-2-6-10-18;2*1-4-10-16(11-5-1)19(17-12-6-2-7-13-17)18-14-8-3-9-15-18;/h1-16H;2*1-15H;. The van der Waals surface area contributed by atoms with Crippen LogP contribution in [0, 0.1) is 0 Å². The van der Waals surface area contributed by atoms with Crippen molar-refractivity contribution in [1.29, 1.82) is 0 Å². The number of benzene rings is 9. The minimum Gasteiger partial charge on any atom is -0.254 e. The van der Waals surface area contributed by atoms with E-state index in [2.05, 4.69) is 265 Å². The number of hydrogen-bond acceptors (Lipinski definition) is 2. The maximum absolute atomic E-state index is 4.67. The summed E-state index contributed by atoms with van der Waals surface area (Å²) in [6, 6.07) is 94.0. The summed E-state index contributed by atoms with van der Waals surface area (Å²) < 4.78 is 0. The Hall–Kier alpha value is -6.82. The molecule has 0 saturated carbocycles. The van der Waals surface area contributed by atoms with Crippen LogP contribution >= 0.6 is 15.8 Å². The van der Waals surface area contributed by atoms with Crippen molar-refractivity contribution >= 4 is 69.5 Å². The quantitative estimate of drug-likeness (QED) is 0.0862. The Bertz CT molecular complexity index is 2720. The van der Waals surface area contributed by atoms with Gasteiger partial charge in [-0.2, -0.15) is 0 Å². The van der Waals surface area contributed by atoms with Gasteiger partial charge in [-0.15, -0.1) is 0 Å². The summed E-state index contributed by atoms with van der Waals surface area (Å²) in [5.41, 5.74) is 6.65. The van der Waals surface area contributed by atoms with Gasteiger partial charge in [0.25, 0.3) is 0 Å². The molecule has 0 saturated heterocycles. The van der Waals surface area contributed by atoms with Crippen LogP contribution in [0.15, 0.2) is 279 Å². The molecule has 2 aromatic heterocycles. The molecule has 5 heteroatoms. The molecule has 317 valence electrons. The van der Waals surface area contributed by atoms with Crippen molar-refractivity contribution < 1.29 is 17.1 Å². The summed E-state index contributed by atoms with van der Waals surface area (Å²) in [4.78, 5) is 9.34. The third kappa shape index (κ3) is 10.9. The Morgan fingerprint density at radius 3 is 0.677 bits per heavy atom. The molecular formula is C60H46CuN2P2. The summed E-state index contributed by atoms with van der Waals surface area (Å²) in [6.07, 6.45) is 3.75. The van der Waals surface area contributed by atoms with E-state index in [-0.39, 0.29) is 17.1 Å². The maximum Gasteiger partial charge on any atom is 0.0970 e. The van der Waals surface area contributed by atoms with Crippen LogP contribution in [0.3, 0.4) is 0 Å². The number of rotatable bonds is 8. The zero-order valence-corrected chi connectivity index (χ0v) is 38.4. The first-order chi connectivity index (χ1) is 31.8. The van der Waals surface area contributed by atoms with Gasteiger partial charge in [0.15, 0.2) is 0 Å². The van der Waals surface area contributed by atoms with Crippen LogP contribution < -0.4 is 31.8 Å². The fourth-order valence-corrected chi connectivity index (χ4v) is 12.5. The molecule has 65 heavy (non-hydrogen) atoms. The van der Waals surface area contributed by atoms with Crippen molar-refractivity contribution in [2.75, 3.05) is 0 Å². The molecule has 2 nitrogen and oxygen atoms in total. The first-order valence-electron chi connectivity index (χ1n) is 21.5. The Kier molecular flexibility index (Phi) is 15.6. The molecule has 9 aromatic carbocycles. The number of fused-ring (bicyclic) bond motifs is 3. The van der Waals surface area contributed by atoms with E-state index < -0.39 is 15.8 Å². The van der Waals surface area contributed by atoms with Gasteiger partial charge >= 0.3 is 0 Å². The van der Waals surface area contributed by atoms with E-state index in [1.807, 2.05) is 24.5 Å². The van der Waals surface area contributed by atoms with Gasteiger partial charge in [0.05, 0.1) is 11.0 Å². The molecule has 0 aliphatic heterocycles. The molecule has 0 spiro atoms. The summed E-state index contributed by atoms with van der Waals surface area (Å²) in [7, 11) is -0.892. The molecule has 0 unspecified atom stereocenters. The molecule has 0 bridgehead atoms. The minimum absolute atomic E-state index is 0. The van der Waals surface area contributed by atoms with Gasteiger partial charge in [0.1, 0.15) is 0 Å². The number of hydrogen-bond donors (Lipinski definition) is 0. The molecule has 11 rings (SSSR count). The summed E-state index contributed by atoms with van der Waals surface area (Å²) in [5, 5.41) is 10.6. The van der Waals surface area contributed by atoms with E-state index in [1.54, 1.807) is 0 Å². The molecule has 0 aliphatic rings. The number of pyridine rings is 2. The maximum atomic E-state index is 4.67. The van der Waals surface area contributed by atoms with Gasteiger partial charge in [-0.3, -0.25) is 9.97 Å². The van der Waals surface area contributed by atoms with Crippen molar-refractivity contribution in [3.05, 3.63) is 279 Å². The van der Waals surface area contributed by atoms with E-state index in [0.717, 1.165) is 21.8 Å². The van der Waals surface area contributed by atoms with Gasteiger partial charge < -0.3 is 0 Å². The zero-order chi connectivity index (χ0) is 43.2. The molecule has 1 radical (unpaired) electrons. The fourth-order valence-electron chi connectivity index (χ4n) is 7.92. The number of nitrogens with zero attached hydrogens (tertiary/aromatic N) is 2. The van der Waals surface area contributed by atoms with Gasteiger partial charge in [-0.25, -0.2) is 0 Å². The van der Waals surface area contributed by atoms with E-state index in [9.17, 15) is 0 Å². The predicted octanol–water partition coefficient (Wildman–Crippen LogP) is 13.0. The summed E-state index contributed by atoms with van der Waals surface area (Å²) >= 11 is 0. The second-order valence-electron chi connectivity index (χ2n) is 15.0. The van der Waals surface area contributed by atoms with E-state index >= 15 is 0 Å². The van der Waals surface area contributed by atoms with E-state index in [4.69, 9.17) is 0 Å². The van der Waals surface area contributed by atoms with E-state index in [1.165, 1.54) is 54.1 Å². The number of aromatic nitrogens is 2. The van der Waals surface area contributed by atoms with Crippen molar-refractivity contribution in [3.8, 4) is 22.3 Å². The van der Waals surface area contributed by atoms with Gasteiger partial charge in [0.2, 0.25) is 0 Å². The molecule has 11 aromatic rings. The van der Waals surface area contributed by atoms with Crippen LogP contribution in [-0.4, -0.2) is 9.97 Å². The Balaban J connectivity index is 0.000000135. The molecule has 0 fully saturated rings. The van der Waals surface area contributed by atoms with Crippen molar-refractivity contribution in [2.45, 2.75) is 0 Å². The van der Waals surface area contributed by atoms with Crippen molar-refractivity contribution in [1.82, 2.24) is 9.97 Å². The fraction of sp³-hybridized carbons (Fsp3) is 0. The second-order valence-corrected chi connectivity index (χ2v) is 19.4. The minimum atomic E-state index is -0.446. The van der Waals surface area contributed by atoms with Crippen molar-refractivity contribution in [3.63, 3.8) is 0 Å². The first kappa shape index (κ1) is 44.8. The average molecular weight is 921 g/mol. The SMILES string of the molecule is [Cu].c1ccc(-c2ccnc3c2ccc2c(-c4ccccc4)ccnc23)cc1.c1ccc(P(c2ccccc2)c2ccccc2)cc1.c1ccc(P(c2ccccc2)c2ccccc2)cc1. The van der Waals surface area contributed by atoms with Gasteiger partial charge in [0, 0.05) is 40.2 Å². The monoisotopic (exact) mass is 919 g/mol. The average Bonchev–Trinajstić information content (AvgIpc) is 3.39. The second kappa shape index (κ2) is 22.7. The van der Waals surface area contributed by atoms with Crippen LogP contribution in [0.4, 0.5) is 0 Å². The third-order valence-corrected chi connectivity index (χ3v) is 15.8. The van der Waals surface area contributed by atoms with Gasteiger partial charge in [-0.05, 0) is 82.1 Å². The zero-order valence-electron chi connectivity index (χ0n) is 35.6. The normalized spacial score (nSPS) is 10.6. The third-order valence-electron chi connectivity index (χ3n) is 10.9. The summed E-state index contributed by atoms with van der Waals surface area (Å²) in [5.74, 6) is 0. The molecular weight excluding hydrogens is 874 g/mol. The Morgan fingerprint density at radius 1 is 0.231 bits per heavy atom. The van der Waals surface area contributed by atoms with Crippen molar-refractivity contribution in [2.24, 2.45) is 0 Å². The topological polar surface area (TPSA) is 25.8 Å². The summed E-state index contributed by atoms with van der Waals surface area (Å²) in [6.45, 7) is 0. The Labute approximate surface area is 395 Å². The molecule has 0 N–H and O–H groups in total. The first-order valence-corrected chi connectivity index (χ1v) is 24.2. The smallest absolute Gasteiger partial charge is 0.0970 e. The molecule has 0 aliphatic carbocycles. The largest absolute Gasteiger partial charge is 0.254 e. The van der Waals surface area contributed by atoms with E-state index in [0.29, 0.717) is 0 Å². The molecule has 2 heterocycles. The molecule has 0 amide bonds. The molecule has 0 atom stereocenters. The predicted molar refractivity (Wildman–Crippen MR) is 278 cm³/mol. The van der Waals surface area contributed by atoms with Gasteiger partial charge in [-0.1, -0.05) is 255 Å². The van der Waals surface area contributed by atoms with Crippen LogP contribution in [0.1, 0.15) is 0 Å². The Morgan fingerprint density at radius 2 is 0.446 bits per heavy atom.